The molecule has 7 nitrogen and oxygen atoms in total. The number of rotatable bonds is 3. The van der Waals surface area contributed by atoms with E-state index >= 15 is 0 Å². The molecule has 2 aliphatic rings. The predicted octanol–water partition coefficient (Wildman–Crippen LogP) is 2.89. The van der Waals surface area contributed by atoms with Gasteiger partial charge in [-0.1, -0.05) is 29.3 Å². The summed E-state index contributed by atoms with van der Waals surface area (Å²) in [5.41, 5.74) is 2.04. The highest BCUT2D eigenvalue weighted by molar-refractivity contribution is 7.89. The molecule has 2 aliphatic heterocycles. The summed E-state index contributed by atoms with van der Waals surface area (Å²) in [6, 6.07) is 11.4. The summed E-state index contributed by atoms with van der Waals surface area (Å²) in [6.07, 6.45) is 1.30. The van der Waals surface area contributed by atoms with Gasteiger partial charge in [0.1, 0.15) is 5.75 Å². The molecule has 30 heavy (non-hydrogen) atoms. The van der Waals surface area contributed by atoms with E-state index in [0.717, 1.165) is 21.6 Å². The summed E-state index contributed by atoms with van der Waals surface area (Å²) in [6.45, 7) is 3.68. The van der Waals surface area contributed by atoms with Crippen LogP contribution < -0.4 is 4.74 Å². The van der Waals surface area contributed by atoms with Crippen LogP contribution in [-0.2, 0) is 19.6 Å². The summed E-state index contributed by atoms with van der Waals surface area (Å²) in [5.74, 6) is -0.848. The summed E-state index contributed by atoms with van der Waals surface area (Å²) >= 11 is 0. The van der Waals surface area contributed by atoms with Crippen molar-refractivity contribution in [2.24, 2.45) is 0 Å². The van der Waals surface area contributed by atoms with E-state index in [2.05, 4.69) is 0 Å². The number of carbonyl (C=O) groups is 2. The molecule has 0 N–H and O–H groups in total. The summed E-state index contributed by atoms with van der Waals surface area (Å²) in [4.78, 5) is 25.6. The van der Waals surface area contributed by atoms with Crippen molar-refractivity contribution in [3.05, 3.63) is 82.7 Å². The maximum atomic E-state index is 13.2. The monoisotopic (exact) mass is 425 g/mol. The lowest BCUT2D eigenvalue weighted by atomic mass is 9.90. The maximum absolute atomic E-state index is 13.2. The van der Waals surface area contributed by atoms with Gasteiger partial charge >= 0.3 is 5.97 Å². The van der Waals surface area contributed by atoms with Gasteiger partial charge in [0.15, 0.2) is 11.9 Å². The highest BCUT2D eigenvalue weighted by atomic mass is 32.2. The number of Topliss-reactive ketones (excluding diaryl/α,β-unsaturated/α-hetero) is 1. The quantitative estimate of drug-likeness (QED) is 0.703. The molecular weight excluding hydrogens is 406 g/mol. The molecule has 2 aromatic rings. The van der Waals surface area contributed by atoms with Gasteiger partial charge in [-0.15, -0.1) is 0 Å². The van der Waals surface area contributed by atoms with Crippen LogP contribution >= 0.6 is 0 Å². The van der Waals surface area contributed by atoms with Crippen LogP contribution in [0.4, 0.5) is 0 Å². The van der Waals surface area contributed by atoms with Crippen molar-refractivity contribution in [3.63, 3.8) is 0 Å². The number of fused-ring (bicyclic) bond motifs is 2. The third kappa shape index (κ3) is 3.19. The Balaban J connectivity index is 1.86. The lowest BCUT2D eigenvalue weighted by Crippen LogP contribution is -2.40. The predicted molar refractivity (Wildman–Crippen MR) is 108 cm³/mol. The number of sulfonamides is 1. The summed E-state index contributed by atoms with van der Waals surface area (Å²) < 4.78 is 37.9. The van der Waals surface area contributed by atoms with Crippen molar-refractivity contribution in [2.75, 3.05) is 7.11 Å². The summed E-state index contributed by atoms with van der Waals surface area (Å²) in [7, 11) is -2.87. The Bertz CT molecular complexity index is 1220. The Kier molecular flexibility index (Phi) is 4.74. The minimum Gasteiger partial charge on any atom is -0.480 e. The molecule has 4 rings (SSSR count). The molecule has 0 radical (unpaired) electrons. The molecule has 1 unspecified atom stereocenters. The fourth-order valence-corrected chi connectivity index (χ4v) is 4.60. The van der Waals surface area contributed by atoms with E-state index in [1.165, 1.54) is 25.4 Å². The van der Waals surface area contributed by atoms with Crippen LogP contribution in [0.1, 0.15) is 21.5 Å². The lowest BCUT2D eigenvalue weighted by molar-refractivity contribution is -0.137. The fraction of sp³-hybridized carbons (Fsp3) is 0.182. The number of aryl methyl sites for hydroxylation is 2. The average Bonchev–Trinajstić information content (AvgIpc) is 2.73. The van der Waals surface area contributed by atoms with Crippen molar-refractivity contribution in [3.8, 4) is 5.75 Å². The second kappa shape index (κ2) is 7.14. The van der Waals surface area contributed by atoms with Crippen LogP contribution in [0.2, 0.25) is 0 Å². The molecule has 2 heterocycles. The largest absolute Gasteiger partial charge is 0.480 e. The molecule has 0 fully saturated rings. The fourth-order valence-electron chi connectivity index (χ4n) is 3.37. The molecule has 2 aromatic carbocycles. The zero-order valence-corrected chi connectivity index (χ0v) is 17.4. The first-order valence-corrected chi connectivity index (χ1v) is 10.6. The number of hydrogen-bond acceptors (Lipinski definition) is 6. The first-order valence-electron chi connectivity index (χ1n) is 9.16. The second-order valence-corrected chi connectivity index (χ2v) is 8.98. The third-order valence-corrected chi connectivity index (χ3v) is 6.64. The molecule has 0 amide bonds. The van der Waals surface area contributed by atoms with Gasteiger partial charge in [-0.05, 0) is 38.1 Å². The molecule has 0 aromatic heterocycles. The van der Waals surface area contributed by atoms with Gasteiger partial charge in [0.05, 0.1) is 28.7 Å². The first-order chi connectivity index (χ1) is 14.2. The zero-order chi connectivity index (χ0) is 21.6. The molecule has 8 heteroatoms. The van der Waals surface area contributed by atoms with Gasteiger partial charge in [0, 0.05) is 12.4 Å². The highest BCUT2D eigenvalue weighted by Crippen LogP contribution is 2.37. The van der Waals surface area contributed by atoms with Gasteiger partial charge in [0.25, 0.3) is 10.0 Å². The van der Waals surface area contributed by atoms with Crippen LogP contribution in [0, 0.1) is 13.8 Å². The van der Waals surface area contributed by atoms with Crippen molar-refractivity contribution >= 4 is 21.8 Å². The van der Waals surface area contributed by atoms with E-state index < -0.39 is 27.9 Å². The van der Waals surface area contributed by atoms with E-state index in [9.17, 15) is 18.0 Å². The van der Waals surface area contributed by atoms with Crippen molar-refractivity contribution in [1.29, 1.82) is 0 Å². The van der Waals surface area contributed by atoms with E-state index in [-0.39, 0.29) is 16.0 Å². The molecular formula is C22H19NO6S. The molecule has 0 bridgehead atoms. The minimum atomic E-state index is -4.05. The van der Waals surface area contributed by atoms with E-state index in [4.69, 9.17) is 9.47 Å². The molecule has 1 atom stereocenters. The Morgan fingerprint density at radius 3 is 2.37 bits per heavy atom. The van der Waals surface area contributed by atoms with Gasteiger partial charge in [0.2, 0.25) is 0 Å². The molecule has 0 saturated carbocycles. The zero-order valence-electron chi connectivity index (χ0n) is 16.6. The second-order valence-electron chi connectivity index (χ2n) is 7.14. The SMILES string of the molecule is COC(=O)C1=CN(S(=O)(=O)c2ccc(C)cc2)C=C2C(=O)c3cc(C)ccc3OC12. The molecule has 0 saturated heterocycles. The van der Waals surface area contributed by atoms with Crippen LogP contribution in [0.15, 0.2) is 70.9 Å². The van der Waals surface area contributed by atoms with Gasteiger partial charge in [-0.25, -0.2) is 17.5 Å². The van der Waals surface area contributed by atoms with Gasteiger partial charge in [-0.2, -0.15) is 0 Å². The number of ketones is 1. The normalized spacial score (nSPS) is 17.9. The van der Waals surface area contributed by atoms with Gasteiger partial charge < -0.3 is 9.47 Å². The summed E-state index contributed by atoms with van der Waals surface area (Å²) in [5, 5.41) is 0. The Morgan fingerprint density at radius 1 is 1.03 bits per heavy atom. The van der Waals surface area contributed by atoms with E-state index in [1.54, 1.807) is 30.3 Å². The smallest absolute Gasteiger partial charge is 0.339 e. The Labute approximate surface area is 174 Å². The number of hydrogen-bond donors (Lipinski definition) is 0. The minimum absolute atomic E-state index is 0.0317. The molecule has 0 aliphatic carbocycles. The number of methoxy groups -OCH3 is 1. The maximum Gasteiger partial charge on any atom is 0.339 e. The first kappa shape index (κ1) is 19.9. The molecule has 154 valence electrons. The van der Waals surface area contributed by atoms with Gasteiger partial charge in [-0.3, -0.25) is 4.79 Å². The van der Waals surface area contributed by atoms with Crippen molar-refractivity contribution in [1.82, 2.24) is 4.31 Å². The number of nitrogens with zero attached hydrogens (tertiary/aromatic N) is 1. The van der Waals surface area contributed by atoms with E-state index in [1.807, 2.05) is 13.8 Å². The van der Waals surface area contributed by atoms with Crippen molar-refractivity contribution < 1.29 is 27.5 Å². The topological polar surface area (TPSA) is 90.0 Å². The number of ether oxygens (including phenoxy) is 2. The Morgan fingerprint density at radius 2 is 1.70 bits per heavy atom. The molecule has 0 spiro atoms. The van der Waals surface area contributed by atoms with E-state index in [0.29, 0.717) is 11.3 Å². The lowest BCUT2D eigenvalue weighted by Gasteiger charge is -2.33. The number of carbonyl (C=O) groups excluding carboxylic acids is 2. The Hall–Kier alpha value is -3.39. The average molecular weight is 425 g/mol. The highest BCUT2D eigenvalue weighted by Gasteiger charge is 2.42. The van der Waals surface area contributed by atoms with Crippen LogP contribution in [-0.4, -0.2) is 37.7 Å². The van der Waals surface area contributed by atoms with Crippen LogP contribution in [0.3, 0.4) is 0 Å². The third-order valence-electron chi connectivity index (χ3n) is 5.00. The number of esters is 1. The number of benzene rings is 2. The van der Waals surface area contributed by atoms with Crippen LogP contribution in [0.5, 0.6) is 5.75 Å². The standard InChI is InChI=1S/C22H19NO6S/c1-13-4-7-15(8-5-13)30(26,27)23-11-17-20(24)16-10-14(2)6-9-19(16)29-21(17)18(12-23)22(25)28-3/h4-12,21H,1-3H3. The van der Waals surface area contributed by atoms with Crippen LogP contribution in [0.25, 0.3) is 0 Å². The van der Waals surface area contributed by atoms with Crippen molar-refractivity contribution in [2.45, 2.75) is 24.8 Å².